The van der Waals surface area contributed by atoms with E-state index in [1.807, 2.05) is 41.3 Å². The van der Waals surface area contributed by atoms with Crippen molar-refractivity contribution in [3.05, 3.63) is 70.3 Å². The SMILES string of the molecule is CC1Cc2ccccc2N1C(=O)CCc1nc2ccccc2c(=O)[nH]1. The van der Waals surface area contributed by atoms with Crippen molar-refractivity contribution in [2.75, 3.05) is 4.90 Å². The van der Waals surface area contributed by atoms with Crippen molar-refractivity contribution in [1.29, 1.82) is 0 Å². The molecule has 126 valence electrons. The minimum Gasteiger partial charge on any atom is -0.310 e. The van der Waals surface area contributed by atoms with Crippen molar-refractivity contribution in [2.24, 2.45) is 0 Å². The fourth-order valence-corrected chi connectivity index (χ4v) is 3.54. The van der Waals surface area contributed by atoms with E-state index in [2.05, 4.69) is 23.0 Å². The Hall–Kier alpha value is -2.95. The molecule has 3 aromatic rings. The van der Waals surface area contributed by atoms with Gasteiger partial charge in [0, 0.05) is 24.6 Å². The number of benzene rings is 2. The predicted molar refractivity (Wildman–Crippen MR) is 97.8 cm³/mol. The third-order valence-corrected chi connectivity index (χ3v) is 4.71. The number of carbonyl (C=O) groups excluding carboxylic acids is 1. The van der Waals surface area contributed by atoms with Crippen LogP contribution < -0.4 is 10.5 Å². The number of aromatic nitrogens is 2. The van der Waals surface area contributed by atoms with Crippen LogP contribution in [0.1, 0.15) is 24.7 Å². The van der Waals surface area contributed by atoms with E-state index in [-0.39, 0.29) is 17.5 Å². The maximum Gasteiger partial charge on any atom is 0.258 e. The van der Waals surface area contributed by atoms with Gasteiger partial charge in [-0.3, -0.25) is 9.59 Å². The molecule has 5 heteroatoms. The molecule has 4 rings (SSSR count). The Balaban J connectivity index is 1.54. The highest BCUT2D eigenvalue weighted by Gasteiger charge is 2.30. The van der Waals surface area contributed by atoms with E-state index in [9.17, 15) is 9.59 Å². The smallest absolute Gasteiger partial charge is 0.258 e. The van der Waals surface area contributed by atoms with Gasteiger partial charge in [0.2, 0.25) is 5.91 Å². The standard InChI is InChI=1S/C20H19N3O2/c1-13-12-14-6-2-5-9-17(14)23(13)19(24)11-10-18-21-16-8-4-3-7-15(16)20(25)22-18/h2-9,13H,10-12H2,1H3,(H,21,22,25). The third-order valence-electron chi connectivity index (χ3n) is 4.71. The maximum atomic E-state index is 12.7. The predicted octanol–water partition coefficient (Wildman–Crippen LogP) is 2.83. The van der Waals surface area contributed by atoms with Crippen molar-refractivity contribution in [3.8, 4) is 0 Å². The number of fused-ring (bicyclic) bond motifs is 2. The number of rotatable bonds is 3. The zero-order chi connectivity index (χ0) is 17.4. The van der Waals surface area contributed by atoms with Gasteiger partial charge >= 0.3 is 0 Å². The van der Waals surface area contributed by atoms with Crippen LogP contribution in [0.4, 0.5) is 5.69 Å². The molecule has 0 saturated heterocycles. The van der Waals surface area contributed by atoms with Gasteiger partial charge < -0.3 is 9.88 Å². The second-order valence-corrected chi connectivity index (χ2v) is 6.48. The van der Waals surface area contributed by atoms with E-state index in [0.717, 1.165) is 12.1 Å². The lowest BCUT2D eigenvalue weighted by atomic mass is 10.1. The Morgan fingerprint density at radius 2 is 1.96 bits per heavy atom. The van der Waals surface area contributed by atoms with Crippen LogP contribution in [0.25, 0.3) is 10.9 Å². The number of hydrogen-bond donors (Lipinski definition) is 1. The zero-order valence-electron chi connectivity index (χ0n) is 14.0. The number of nitrogens with zero attached hydrogens (tertiary/aromatic N) is 2. The molecule has 5 nitrogen and oxygen atoms in total. The molecule has 1 N–H and O–H groups in total. The molecular weight excluding hydrogens is 314 g/mol. The van der Waals surface area contributed by atoms with Gasteiger partial charge in [-0.05, 0) is 37.1 Å². The van der Waals surface area contributed by atoms with Crippen LogP contribution in [-0.2, 0) is 17.6 Å². The minimum absolute atomic E-state index is 0.0632. The Bertz CT molecular complexity index is 1010. The van der Waals surface area contributed by atoms with E-state index >= 15 is 0 Å². The number of carbonyl (C=O) groups is 1. The quantitative estimate of drug-likeness (QED) is 0.801. The summed E-state index contributed by atoms with van der Waals surface area (Å²) < 4.78 is 0. The Labute approximate surface area is 145 Å². The van der Waals surface area contributed by atoms with Gasteiger partial charge in [0.05, 0.1) is 10.9 Å². The molecule has 1 amide bonds. The Kier molecular flexibility index (Phi) is 3.84. The van der Waals surface area contributed by atoms with Crippen LogP contribution >= 0.6 is 0 Å². The average molecular weight is 333 g/mol. The lowest BCUT2D eigenvalue weighted by Gasteiger charge is -2.22. The Morgan fingerprint density at radius 3 is 2.84 bits per heavy atom. The molecule has 0 saturated carbocycles. The van der Waals surface area contributed by atoms with Crippen LogP contribution in [0, 0.1) is 0 Å². The van der Waals surface area contributed by atoms with Crippen molar-refractivity contribution < 1.29 is 4.79 Å². The van der Waals surface area contributed by atoms with Crippen molar-refractivity contribution in [2.45, 2.75) is 32.2 Å². The molecule has 1 aliphatic heterocycles. The van der Waals surface area contributed by atoms with Gasteiger partial charge in [-0.2, -0.15) is 0 Å². The number of anilines is 1. The summed E-state index contributed by atoms with van der Waals surface area (Å²) in [6.45, 7) is 2.06. The highest BCUT2D eigenvalue weighted by Crippen LogP contribution is 2.32. The topological polar surface area (TPSA) is 66.1 Å². The average Bonchev–Trinajstić information content (AvgIpc) is 2.95. The molecule has 1 unspecified atom stereocenters. The van der Waals surface area contributed by atoms with Crippen LogP contribution in [0.3, 0.4) is 0 Å². The van der Waals surface area contributed by atoms with Crippen molar-refractivity contribution in [3.63, 3.8) is 0 Å². The van der Waals surface area contributed by atoms with Gasteiger partial charge in [0.15, 0.2) is 0 Å². The summed E-state index contributed by atoms with van der Waals surface area (Å²) >= 11 is 0. The molecule has 0 radical (unpaired) electrons. The van der Waals surface area contributed by atoms with Crippen LogP contribution in [0.15, 0.2) is 53.3 Å². The van der Waals surface area contributed by atoms with Crippen molar-refractivity contribution >= 4 is 22.5 Å². The van der Waals surface area contributed by atoms with E-state index in [1.54, 1.807) is 6.07 Å². The lowest BCUT2D eigenvalue weighted by molar-refractivity contribution is -0.118. The summed E-state index contributed by atoms with van der Waals surface area (Å²) in [7, 11) is 0. The first-order valence-corrected chi connectivity index (χ1v) is 8.51. The summed E-state index contributed by atoms with van der Waals surface area (Å²) in [6.07, 6.45) is 1.62. The molecule has 0 spiro atoms. The first-order chi connectivity index (χ1) is 12.1. The van der Waals surface area contributed by atoms with Crippen LogP contribution in [-0.4, -0.2) is 21.9 Å². The molecule has 1 aliphatic rings. The highest BCUT2D eigenvalue weighted by molar-refractivity contribution is 5.96. The molecular formula is C20H19N3O2. The fraction of sp³-hybridized carbons (Fsp3) is 0.250. The third kappa shape index (κ3) is 2.82. The maximum absolute atomic E-state index is 12.7. The number of aryl methyl sites for hydroxylation is 1. The molecule has 1 atom stereocenters. The first kappa shape index (κ1) is 15.6. The number of para-hydroxylation sites is 2. The second-order valence-electron chi connectivity index (χ2n) is 6.48. The van der Waals surface area contributed by atoms with Crippen LogP contribution in [0.5, 0.6) is 0 Å². The number of aromatic amines is 1. The van der Waals surface area contributed by atoms with E-state index in [4.69, 9.17) is 0 Å². The summed E-state index contributed by atoms with van der Waals surface area (Å²) in [5.74, 6) is 0.616. The van der Waals surface area contributed by atoms with Crippen LogP contribution in [0.2, 0.25) is 0 Å². The largest absolute Gasteiger partial charge is 0.310 e. The number of hydrogen-bond acceptors (Lipinski definition) is 3. The van der Waals surface area contributed by atoms with Gasteiger partial charge in [-0.15, -0.1) is 0 Å². The molecule has 2 aromatic carbocycles. The normalized spacial score (nSPS) is 16.2. The summed E-state index contributed by atoms with van der Waals surface area (Å²) in [6, 6.07) is 15.4. The molecule has 1 aromatic heterocycles. The summed E-state index contributed by atoms with van der Waals surface area (Å²) in [4.78, 5) is 34.0. The van der Waals surface area contributed by atoms with Gasteiger partial charge in [0.1, 0.15) is 5.82 Å². The van der Waals surface area contributed by atoms with Crippen molar-refractivity contribution in [1.82, 2.24) is 9.97 Å². The van der Waals surface area contributed by atoms with E-state index in [0.29, 0.717) is 29.6 Å². The summed E-state index contributed by atoms with van der Waals surface area (Å²) in [5, 5.41) is 0.569. The van der Waals surface area contributed by atoms with E-state index < -0.39 is 0 Å². The molecule has 0 aliphatic carbocycles. The number of amides is 1. The monoisotopic (exact) mass is 333 g/mol. The first-order valence-electron chi connectivity index (χ1n) is 8.51. The molecule has 0 bridgehead atoms. The van der Waals surface area contributed by atoms with Gasteiger partial charge in [-0.25, -0.2) is 4.98 Å². The fourth-order valence-electron chi connectivity index (χ4n) is 3.54. The molecule has 2 heterocycles. The minimum atomic E-state index is -0.159. The second kappa shape index (κ2) is 6.16. The summed E-state index contributed by atoms with van der Waals surface area (Å²) in [5.41, 5.74) is 2.71. The number of H-pyrrole nitrogens is 1. The zero-order valence-corrected chi connectivity index (χ0v) is 14.0. The van der Waals surface area contributed by atoms with E-state index in [1.165, 1.54) is 5.56 Å². The van der Waals surface area contributed by atoms with Gasteiger partial charge in [-0.1, -0.05) is 30.3 Å². The molecule has 25 heavy (non-hydrogen) atoms. The highest BCUT2D eigenvalue weighted by atomic mass is 16.2. The molecule has 0 fully saturated rings. The Morgan fingerprint density at radius 1 is 1.20 bits per heavy atom. The lowest BCUT2D eigenvalue weighted by Crippen LogP contribution is -2.36. The number of nitrogens with one attached hydrogen (secondary N) is 1. The van der Waals surface area contributed by atoms with Gasteiger partial charge in [0.25, 0.3) is 5.56 Å².